The van der Waals surface area contributed by atoms with Crippen LogP contribution in [0.3, 0.4) is 0 Å². The van der Waals surface area contributed by atoms with Crippen LogP contribution in [0.2, 0.25) is 0 Å². The van der Waals surface area contributed by atoms with E-state index >= 15 is 0 Å². The molecule has 2 rings (SSSR count). The molecule has 1 atom stereocenters. The summed E-state index contributed by atoms with van der Waals surface area (Å²) in [5, 5.41) is 2.74. The van der Waals surface area contributed by atoms with E-state index in [4.69, 9.17) is 4.74 Å². The van der Waals surface area contributed by atoms with Gasteiger partial charge in [-0.05, 0) is 44.0 Å². The number of nitrogens with one attached hydrogen (secondary N) is 2. The lowest BCUT2D eigenvalue weighted by Crippen LogP contribution is -2.50. The molecule has 0 saturated carbocycles. The minimum atomic E-state index is -3.79. The molecular weight excluding hydrogens is 376 g/mol. The molecule has 0 fully saturated rings. The van der Waals surface area contributed by atoms with Crippen molar-refractivity contribution >= 4 is 15.9 Å². The van der Waals surface area contributed by atoms with Gasteiger partial charge in [-0.3, -0.25) is 4.79 Å². The zero-order valence-corrected chi connectivity index (χ0v) is 17.5. The summed E-state index contributed by atoms with van der Waals surface area (Å²) in [6.45, 7) is 8.04. The summed E-state index contributed by atoms with van der Waals surface area (Å²) in [5.74, 6) is 0.136. The van der Waals surface area contributed by atoms with Crippen LogP contribution in [0.1, 0.15) is 25.0 Å². The second-order valence-electron chi connectivity index (χ2n) is 7.11. The maximum Gasteiger partial charge on any atom is 0.241 e. The molecule has 2 aromatic rings. The Hall–Kier alpha value is -2.38. The lowest BCUT2D eigenvalue weighted by molar-refractivity contribution is -0.123. The summed E-state index contributed by atoms with van der Waals surface area (Å²) in [4.78, 5) is 12.6. The molecule has 2 aromatic carbocycles. The molecule has 0 aliphatic rings. The van der Waals surface area contributed by atoms with Crippen molar-refractivity contribution in [3.05, 3.63) is 59.7 Å². The smallest absolute Gasteiger partial charge is 0.241 e. The quantitative estimate of drug-likeness (QED) is 0.630. The van der Waals surface area contributed by atoms with Gasteiger partial charge in [0.15, 0.2) is 0 Å². The van der Waals surface area contributed by atoms with Gasteiger partial charge in [0.05, 0.1) is 11.4 Å². The first kappa shape index (κ1) is 21.9. The van der Waals surface area contributed by atoms with Crippen molar-refractivity contribution < 1.29 is 17.9 Å². The summed E-state index contributed by atoms with van der Waals surface area (Å²) in [5.41, 5.74) is 2.10. The maximum atomic E-state index is 12.6. The first-order valence-corrected chi connectivity index (χ1v) is 10.7. The average Bonchev–Trinajstić information content (AvgIpc) is 2.64. The molecule has 152 valence electrons. The molecule has 0 aliphatic heterocycles. The molecule has 0 radical (unpaired) electrons. The van der Waals surface area contributed by atoms with Crippen LogP contribution < -0.4 is 14.8 Å². The Labute approximate surface area is 167 Å². The highest BCUT2D eigenvalue weighted by atomic mass is 32.2. The summed E-state index contributed by atoms with van der Waals surface area (Å²) in [7, 11) is -3.79. The first-order chi connectivity index (χ1) is 13.2. The standard InChI is InChI=1S/C21H28N2O4S/c1-15(2)20(23-28(25,26)19-11-7-17(4)8-12-19)21(24)22-13-14-27-18-9-5-16(3)6-10-18/h5-12,15,20,23H,13-14H2,1-4H3,(H,22,24)/t20-/m0/s1. The van der Waals surface area contributed by atoms with E-state index in [1.54, 1.807) is 26.0 Å². The van der Waals surface area contributed by atoms with Gasteiger partial charge in [0.2, 0.25) is 15.9 Å². The number of rotatable bonds is 9. The number of hydrogen-bond donors (Lipinski definition) is 2. The summed E-state index contributed by atoms with van der Waals surface area (Å²) >= 11 is 0. The predicted molar refractivity (Wildman–Crippen MR) is 110 cm³/mol. The summed E-state index contributed by atoms with van der Waals surface area (Å²) in [6, 6.07) is 13.3. The molecule has 2 N–H and O–H groups in total. The van der Waals surface area contributed by atoms with Crippen molar-refractivity contribution in [1.82, 2.24) is 10.0 Å². The van der Waals surface area contributed by atoms with Gasteiger partial charge in [0.25, 0.3) is 0 Å². The lowest BCUT2D eigenvalue weighted by Gasteiger charge is -2.21. The van der Waals surface area contributed by atoms with E-state index in [9.17, 15) is 13.2 Å². The third-order valence-electron chi connectivity index (χ3n) is 4.25. The van der Waals surface area contributed by atoms with Crippen LogP contribution in [-0.2, 0) is 14.8 Å². The Bertz CT molecular complexity index is 876. The number of hydrogen-bond acceptors (Lipinski definition) is 4. The molecule has 0 spiro atoms. The Morgan fingerprint density at radius 2 is 1.50 bits per heavy atom. The minimum absolute atomic E-state index is 0.138. The van der Waals surface area contributed by atoms with Crippen molar-refractivity contribution in [2.75, 3.05) is 13.2 Å². The summed E-state index contributed by atoms with van der Waals surface area (Å²) < 4.78 is 33.3. The van der Waals surface area contributed by atoms with E-state index in [1.807, 2.05) is 38.1 Å². The molecule has 0 aromatic heterocycles. The molecule has 0 heterocycles. The first-order valence-electron chi connectivity index (χ1n) is 9.25. The second-order valence-corrected chi connectivity index (χ2v) is 8.82. The van der Waals surface area contributed by atoms with E-state index in [1.165, 1.54) is 12.1 Å². The molecule has 0 aliphatic carbocycles. The highest BCUT2D eigenvalue weighted by molar-refractivity contribution is 7.89. The molecule has 0 unspecified atom stereocenters. The van der Waals surface area contributed by atoms with Crippen LogP contribution in [-0.4, -0.2) is 33.5 Å². The molecule has 7 heteroatoms. The second kappa shape index (κ2) is 9.71. The van der Waals surface area contributed by atoms with E-state index < -0.39 is 16.1 Å². The fourth-order valence-corrected chi connectivity index (χ4v) is 3.88. The van der Waals surface area contributed by atoms with Gasteiger partial charge >= 0.3 is 0 Å². The fourth-order valence-electron chi connectivity index (χ4n) is 2.53. The largest absolute Gasteiger partial charge is 0.492 e. The summed E-state index contributed by atoms with van der Waals surface area (Å²) in [6.07, 6.45) is 0. The number of carbonyl (C=O) groups is 1. The van der Waals surface area contributed by atoms with Crippen molar-refractivity contribution in [3.63, 3.8) is 0 Å². The number of carbonyl (C=O) groups excluding carboxylic acids is 1. The SMILES string of the molecule is Cc1ccc(OCCNC(=O)[C@@H](NS(=O)(=O)c2ccc(C)cc2)C(C)C)cc1. The highest BCUT2D eigenvalue weighted by Gasteiger charge is 2.28. The van der Waals surface area contributed by atoms with Crippen LogP contribution in [0.5, 0.6) is 5.75 Å². The average molecular weight is 405 g/mol. The van der Waals surface area contributed by atoms with Crippen molar-refractivity contribution in [1.29, 1.82) is 0 Å². The molecule has 6 nitrogen and oxygen atoms in total. The zero-order chi connectivity index (χ0) is 20.7. The van der Waals surface area contributed by atoms with Gasteiger partial charge in [-0.15, -0.1) is 0 Å². The highest BCUT2D eigenvalue weighted by Crippen LogP contribution is 2.13. The lowest BCUT2D eigenvalue weighted by atomic mass is 10.1. The van der Waals surface area contributed by atoms with Crippen LogP contribution in [0, 0.1) is 19.8 Å². The predicted octanol–water partition coefficient (Wildman–Crippen LogP) is 2.80. The third kappa shape index (κ3) is 6.35. The van der Waals surface area contributed by atoms with Gasteiger partial charge in [-0.25, -0.2) is 8.42 Å². The van der Waals surface area contributed by atoms with Crippen LogP contribution in [0.15, 0.2) is 53.4 Å². The van der Waals surface area contributed by atoms with Crippen molar-refractivity contribution in [2.24, 2.45) is 5.92 Å². The van der Waals surface area contributed by atoms with Crippen LogP contribution >= 0.6 is 0 Å². The number of sulfonamides is 1. The van der Waals surface area contributed by atoms with Gasteiger partial charge in [0, 0.05) is 0 Å². The molecule has 28 heavy (non-hydrogen) atoms. The Morgan fingerprint density at radius 1 is 0.964 bits per heavy atom. The van der Waals surface area contributed by atoms with E-state index in [-0.39, 0.29) is 23.3 Å². The fraction of sp³-hybridized carbons (Fsp3) is 0.381. The Kier molecular flexibility index (Phi) is 7.60. The molecule has 0 saturated heterocycles. The number of amides is 1. The van der Waals surface area contributed by atoms with E-state index in [0.29, 0.717) is 6.61 Å². The topological polar surface area (TPSA) is 84.5 Å². The normalized spacial score (nSPS) is 12.6. The number of ether oxygens (including phenoxy) is 1. The van der Waals surface area contributed by atoms with Crippen LogP contribution in [0.4, 0.5) is 0 Å². The number of benzene rings is 2. The van der Waals surface area contributed by atoms with Gasteiger partial charge < -0.3 is 10.1 Å². The van der Waals surface area contributed by atoms with Gasteiger partial charge in [-0.2, -0.15) is 4.72 Å². The minimum Gasteiger partial charge on any atom is -0.492 e. The van der Waals surface area contributed by atoms with E-state index in [2.05, 4.69) is 10.0 Å². The molecule has 1 amide bonds. The number of aryl methyl sites for hydroxylation is 2. The Balaban J connectivity index is 1.92. The zero-order valence-electron chi connectivity index (χ0n) is 16.7. The van der Waals surface area contributed by atoms with Crippen molar-refractivity contribution in [2.45, 2.75) is 38.6 Å². The molecular formula is C21H28N2O4S. The maximum absolute atomic E-state index is 12.6. The third-order valence-corrected chi connectivity index (χ3v) is 5.71. The monoisotopic (exact) mass is 404 g/mol. The van der Waals surface area contributed by atoms with E-state index in [0.717, 1.165) is 16.9 Å². The van der Waals surface area contributed by atoms with Crippen LogP contribution in [0.25, 0.3) is 0 Å². The molecule has 0 bridgehead atoms. The van der Waals surface area contributed by atoms with Gasteiger partial charge in [-0.1, -0.05) is 49.2 Å². The van der Waals surface area contributed by atoms with Gasteiger partial charge in [0.1, 0.15) is 18.4 Å². The van der Waals surface area contributed by atoms with Crippen molar-refractivity contribution in [3.8, 4) is 5.75 Å². The Morgan fingerprint density at radius 3 is 2.04 bits per heavy atom.